The minimum atomic E-state index is 0.832. The molecule has 3 nitrogen and oxygen atoms in total. The third-order valence-corrected chi connectivity index (χ3v) is 4.11. The Kier molecular flexibility index (Phi) is 5.76. The lowest BCUT2D eigenvalue weighted by Crippen LogP contribution is -2.19. The number of hydrogen-bond acceptors (Lipinski definition) is 3. The van der Waals surface area contributed by atoms with Crippen molar-refractivity contribution in [3.63, 3.8) is 0 Å². The number of aryl methyl sites for hydroxylation is 1. The Balaban J connectivity index is 2.16. The second kappa shape index (κ2) is 7.57. The number of nitrogens with one attached hydrogen (secondary N) is 1. The van der Waals surface area contributed by atoms with Crippen molar-refractivity contribution < 1.29 is 0 Å². The summed E-state index contributed by atoms with van der Waals surface area (Å²) in [5.74, 6) is 1.01. The molecule has 1 N–H and O–H groups in total. The largest absolute Gasteiger partial charge is 0.355 e. The molecule has 0 aliphatic heterocycles. The second-order valence-electron chi connectivity index (χ2n) is 5.20. The van der Waals surface area contributed by atoms with E-state index in [-0.39, 0.29) is 0 Å². The van der Waals surface area contributed by atoms with Crippen LogP contribution in [0.25, 0.3) is 0 Å². The monoisotopic (exact) mass is 347 g/mol. The van der Waals surface area contributed by atoms with Crippen LogP contribution in [-0.2, 0) is 13.1 Å². The van der Waals surface area contributed by atoms with Crippen molar-refractivity contribution in [2.24, 2.45) is 0 Å². The van der Waals surface area contributed by atoms with Gasteiger partial charge < -0.3 is 10.2 Å². The number of rotatable bonds is 6. The van der Waals surface area contributed by atoms with Crippen molar-refractivity contribution >= 4 is 21.7 Å². The van der Waals surface area contributed by atoms with E-state index >= 15 is 0 Å². The van der Waals surface area contributed by atoms with Gasteiger partial charge in [0.2, 0.25) is 0 Å². The van der Waals surface area contributed by atoms with Crippen LogP contribution in [-0.4, -0.2) is 18.6 Å². The number of anilines is 1. The predicted molar refractivity (Wildman–Crippen MR) is 92.6 cm³/mol. The molecule has 0 atom stereocenters. The molecule has 1 aromatic carbocycles. The normalized spacial score (nSPS) is 10.7. The van der Waals surface area contributed by atoms with E-state index in [1.165, 1.54) is 11.1 Å². The van der Waals surface area contributed by atoms with Gasteiger partial charge in [0, 0.05) is 30.3 Å². The van der Waals surface area contributed by atoms with E-state index in [4.69, 9.17) is 0 Å². The number of hydrogen-bond donors (Lipinski definition) is 1. The van der Waals surface area contributed by atoms with Gasteiger partial charge in [-0.05, 0) is 42.8 Å². The summed E-state index contributed by atoms with van der Waals surface area (Å²) in [6.07, 6.45) is 0. The molecule has 0 unspecified atom stereocenters. The molecule has 112 valence electrons. The Morgan fingerprint density at radius 1 is 1.24 bits per heavy atom. The lowest BCUT2D eigenvalue weighted by Gasteiger charge is -2.20. The first kappa shape index (κ1) is 16.0. The van der Waals surface area contributed by atoms with Gasteiger partial charge in [-0.2, -0.15) is 0 Å². The summed E-state index contributed by atoms with van der Waals surface area (Å²) in [5, 5.41) is 3.36. The molecule has 0 amide bonds. The Hall–Kier alpha value is -1.39. The van der Waals surface area contributed by atoms with E-state index in [1.807, 2.05) is 13.0 Å². The van der Waals surface area contributed by atoms with E-state index < -0.39 is 0 Å². The van der Waals surface area contributed by atoms with E-state index in [0.29, 0.717) is 0 Å². The maximum absolute atomic E-state index is 4.65. The van der Waals surface area contributed by atoms with E-state index in [1.54, 1.807) is 0 Å². The molecule has 1 heterocycles. The van der Waals surface area contributed by atoms with Gasteiger partial charge in [-0.3, -0.25) is 0 Å². The molecular formula is C17H22BrN3. The average Bonchev–Trinajstić information content (AvgIpc) is 2.47. The van der Waals surface area contributed by atoms with Crippen molar-refractivity contribution in [3.05, 3.63) is 57.7 Å². The van der Waals surface area contributed by atoms with Gasteiger partial charge in [0.05, 0.1) is 0 Å². The topological polar surface area (TPSA) is 28.2 Å². The first-order valence-electron chi connectivity index (χ1n) is 7.23. The van der Waals surface area contributed by atoms with Gasteiger partial charge >= 0.3 is 0 Å². The van der Waals surface area contributed by atoms with Gasteiger partial charge in [0.1, 0.15) is 5.82 Å². The summed E-state index contributed by atoms with van der Waals surface area (Å²) >= 11 is 3.60. The fraction of sp³-hybridized carbons (Fsp3) is 0.353. The summed E-state index contributed by atoms with van der Waals surface area (Å²) < 4.78 is 1.14. The van der Waals surface area contributed by atoms with Gasteiger partial charge in [-0.25, -0.2) is 4.98 Å². The molecule has 0 aliphatic rings. The van der Waals surface area contributed by atoms with Crippen LogP contribution in [0.3, 0.4) is 0 Å². The summed E-state index contributed by atoms with van der Waals surface area (Å²) in [6, 6.07) is 12.6. The zero-order chi connectivity index (χ0) is 15.2. The SMILES string of the molecule is CCNCc1cc(C)nc(N(C)Cc2ccccc2Br)c1. The van der Waals surface area contributed by atoms with Crippen LogP contribution >= 0.6 is 15.9 Å². The van der Waals surface area contributed by atoms with Gasteiger partial charge in [0.15, 0.2) is 0 Å². The molecule has 0 spiro atoms. The Morgan fingerprint density at radius 2 is 2.00 bits per heavy atom. The minimum absolute atomic E-state index is 0.832. The van der Waals surface area contributed by atoms with Gasteiger partial charge in [-0.1, -0.05) is 41.1 Å². The highest BCUT2D eigenvalue weighted by Gasteiger charge is 2.08. The Bertz CT molecular complexity index is 598. The molecule has 0 radical (unpaired) electrons. The number of aromatic nitrogens is 1. The minimum Gasteiger partial charge on any atom is -0.355 e. The maximum Gasteiger partial charge on any atom is 0.129 e. The van der Waals surface area contributed by atoms with Gasteiger partial charge in [0.25, 0.3) is 0 Å². The van der Waals surface area contributed by atoms with E-state index in [2.05, 4.69) is 75.4 Å². The third-order valence-electron chi connectivity index (χ3n) is 3.34. The standard InChI is InChI=1S/C17H22BrN3/c1-4-19-11-14-9-13(2)20-17(10-14)21(3)12-15-7-5-6-8-16(15)18/h5-10,19H,4,11-12H2,1-3H3. The first-order chi connectivity index (χ1) is 10.1. The molecule has 0 fully saturated rings. The average molecular weight is 348 g/mol. The molecular weight excluding hydrogens is 326 g/mol. The van der Waals surface area contributed by atoms with Crippen molar-refractivity contribution in [3.8, 4) is 0 Å². The summed E-state index contributed by atoms with van der Waals surface area (Å²) in [5.41, 5.74) is 3.59. The third kappa shape index (κ3) is 4.55. The highest BCUT2D eigenvalue weighted by Crippen LogP contribution is 2.21. The van der Waals surface area contributed by atoms with Crippen LogP contribution in [0.5, 0.6) is 0 Å². The van der Waals surface area contributed by atoms with Crippen LogP contribution in [0.1, 0.15) is 23.7 Å². The molecule has 2 aromatic rings. The number of benzene rings is 1. The van der Waals surface area contributed by atoms with Crippen LogP contribution in [0.15, 0.2) is 40.9 Å². The van der Waals surface area contributed by atoms with Gasteiger partial charge in [-0.15, -0.1) is 0 Å². The summed E-state index contributed by atoms with van der Waals surface area (Å²) in [6.45, 7) is 6.86. The van der Waals surface area contributed by atoms with Crippen molar-refractivity contribution in [1.82, 2.24) is 10.3 Å². The lowest BCUT2D eigenvalue weighted by atomic mass is 10.2. The molecule has 2 rings (SSSR count). The predicted octanol–water partition coefficient (Wildman–Crippen LogP) is 3.90. The van der Waals surface area contributed by atoms with Crippen molar-refractivity contribution in [2.45, 2.75) is 26.9 Å². The summed E-state index contributed by atoms with van der Waals surface area (Å²) in [7, 11) is 2.08. The number of pyridine rings is 1. The van der Waals surface area contributed by atoms with Crippen molar-refractivity contribution in [1.29, 1.82) is 0 Å². The molecule has 0 saturated heterocycles. The lowest BCUT2D eigenvalue weighted by molar-refractivity contribution is 0.724. The zero-order valence-electron chi connectivity index (χ0n) is 12.9. The highest BCUT2D eigenvalue weighted by atomic mass is 79.9. The molecule has 0 saturated carbocycles. The molecule has 0 aliphatic carbocycles. The molecule has 0 bridgehead atoms. The Morgan fingerprint density at radius 3 is 2.71 bits per heavy atom. The first-order valence-corrected chi connectivity index (χ1v) is 8.02. The smallest absolute Gasteiger partial charge is 0.129 e. The number of halogens is 1. The second-order valence-corrected chi connectivity index (χ2v) is 6.06. The molecule has 1 aromatic heterocycles. The van der Waals surface area contributed by atoms with Crippen LogP contribution in [0, 0.1) is 6.92 Å². The fourth-order valence-electron chi connectivity index (χ4n) is 2.25. The number of nitrogens with zero attached hydrogens (tertiary/aromatic N) is 2. The van der Waals surface area contributed by atoms with E-state index in [0.717, 1.165) is 35.6 Å². The quantitative estimate of drug-likeness (QED) is 0.858. The molecule has 4 heteroatoms. The fourth-order valence-corrected chi connectivity index (χ4v) is 2.66. The van der Waals surface area contributed by atoms with Crippen LogP contribution < -0.4 is 10.2 Å². The van der Waals surface area contributed by atoms with Crippen LogP contribution in [0.4, 0.5) is 5.82 Å². The molecule has 21 heavy (non-hydrogen) atoms. The zero-order valence-corrected chi connectivity index (χ0v) is 14.4. The van der Waals surface area contributed by atoms with Crippen LogP contribution in [0.2, 0.25) is 0 Å². The maximum atomic E-state index is 4.65. The highest BCUT2D eigenvalue weighted by molar-refractivity contribution is 9.10. The summed E-state index contributed by atoms with van der Waals surface area (Å²) in [4.78, 5) is 6.83. The van der Waals surface area contributed by atoms with E-state index in [9.17, 15) is 0 Å². The van der Waals surface area contributed by atoms with Crippen molar-refractivity contribution in [2.75, 3.05) is 18.5 Å². The Labute approximate surface area is 135 Å².